The molecule has 1 amide bonds. The van der Waals surface area contributed by atoms with E-state index < -0.39 is 6.10 Å². The Balaban J connectivity index is 1.18. The van der Waals surface area contributed by atoms with Crippen molar-refractivity contribution < 1.29 is 9.53 Å². The maximum absolute atomic E-state index is 13.2. The van der Waals surface area contributed by atoms with E-state index in [4.69, 9.17) is 4.74 Å². The first-order chi connectivity index (χ1) is 18.3. The van der Waals surface area contributed by atoms with Gasteiger partial charge < -0.3 is 19.5 Å². The van der Waals surface area contributed by atoms with Gasteiger partial charge in [-0.1, -0.05) is 78.9 Å². The summed E-state index contributed by atoms with van der Waals surface area (Å²) in [7, 11) is 0. The predicted octanol–water partition coefficient (Wildman–Crippen LogP) is 4.47. The molecular formula is C29H26N6O2. The number of amides is 1. The van der Waals surface area contributed by atoms with Gasteiger partial charge in [-0.25, -0.2) is 15.0 Å². The number of nitrogens with zero attached hydrogens (tertiary/aromatic N) is 5. The molecule has 0 saturated carbocycles. The van der Waals surface area contributed by atoms with E-state index in [1.165, 1.54) is 0 Å². The minimum Gasteiger partial charge on any atom is -0.478 e. The zero-order valence-electron chi connectivity index (χ0n) is 20.1. The second-order valence-corrected chi connectivity index (χ2v) is 8.91. The maximum Gasteiger partial charge on any atom is 0.266 e. The molecule has 0 radical (unpaired) electrons. The van der Waals surface area contributed by atoms with Crippen molar-refractivity contribution in [2.24, 2.45) is 0 Å². The van der Waals surface area contributed by atoms with Gasteiger partial charge in [0.15, 0.2) is 11.5 Å². The summed E-state index contributed by atoms with van der Waals surface area (Å²) >= 11 is 0. The molecule has 0 bridgehead atoms. The third-order valence-corrected chi connectivity index (χ3v) is 6.58. The molecule has 184 valence electrons. The zero-order chi connectivity index (χ0) is 25.0. The molecule has 0 aliphatic carbocycles. The molecule has 8 heteroatoms. The van der Waals surface area contributed by atoms with E-state index in [0.29, 0.717) is 36.7 Å². The molecule has 2 atom stereocenters. The topological polar surface area (TPSA) is 85.2 Å². The molecule has 2 aromatic heterocycles. The Morgan fingerprint density at radius 3 is 2.27 bits per heavy atom. The molecule has 8 nitrogen and oxygen atoms in total. The zero-order valence-corrected chi connectivity index (χ0v) is 20.1. The van der Waals surface area contributed by atoms with Crippen LogP contribution in [0.4, 0.5) is 5.82 Å². The fraction of sp³-hybridized carbons (Fsp3) is 0.172. The SMILES string of the molecule is O=C1[C@@H](Oc2ccccc2)[C@@H](c2ccccc2)N1CCn1cnc2c(NCc3ccccc3)ncnc21. The Morgan fingerprint density at radius 1 is 0.811 bits per heavy atom. The molecule has 5 aromatic rings. The standard InChI is InChI=1S/C29H26N6O2/c36-29-26(37-23-14-8-3-9-15-23)25(22-12-6-2-7-13-22)35(29)17-16-34-20-33-24-27(31-19-32-28(24)34)30-18-21-10-4-1-5-11-21/h1-15,19-20,25-26H,16-18H2,(H,30,31,32)/t25-,26+/m1/s1. The van der Waals surface area contributed by atoms with Crippen molar-refractivity contribution in [3.05, 3.63) is 115 Å². The molecule has 1 N–H and O–H groups in total. The van der Waals surface area contributed by atoms with Gasteiger partial charge in [-0.3, -0.25) is 4.79 Å². The van der Waals surface area contributed by atoms with Gasteiger partial charge in [0, 0.05) is 19.6 Å². The first-order valence-corrected chi connectivity index (χ1v) is 12.3. The molecule has 3 heterocycles. The Hall–Kier alpha value is -4.72. The van der Waals surface area contributed by atoms with Crippen LogP contribution in [0.2, 0.25) is 0 Å². The van der Waals surface area contributed by atoms with Gasteiger partial charge in [-0.05, 0) is 23.3 Å². The van der Waals surface area contributed by atoms with Crippen LogP contribution in [0.15, 0.2) is 104 Å². The Bertz CT molecular complexity index is 1490. The highest BCUT2D eigenvalue weighted by atomic mass is 16.5. The Labute approximate surface area is 214 Å². The number of imidazole rings is 1. The number of rotatable bonds is 9. The molecule has 37 heavy (non-hydrogen) atoms. The van der Waals surface area contributed by atoms with Gasteiger partial charge in [0.25, 0.3) is 5.91 Å². The maximum atomic E-state index is 13.2. The van der Waals surface area contributed by atoms with Gasteiger partial charge >= 0.3 is 0 Å². The van der Waals surface area contributed by atoms with E-state index in [9.17, 15) is 4.79 Å². The van der Waals surface area contributed by atoms with E-state index >= 15 is 0 Å². The van der Waals surface area contributed by atoms with Gasteiger partial charge in [0.2, 0.25) is 6.10 Å². The largest absolute Gasteiger partial charge is 0.478 e. The average molecular weight is 491 g/mol. The number of aromatic nitrogens is 4. The van der Waals surface area contributed by atoms with Gasteiger partial charge in [0.05, 0.1) is 6.33 Å². The summed E-state index contributed by atoms with van der Waals surface area (Å²) in [5, 5.41) is 3.36. The lowest BCUT2D eigenvalue weighted by Gasteiger charge is -2.46. The van der Waals surface area contributed by atoms with Crippen molar-refractivity contribution in [3.8, 4) is 5.75 Å². The van der Waals surface area contributed by atoms with Crippen molar-refractivity contribution in [3.63, 3.8) is 0 Å². The van der Waals surface area contributed by atoms with Crippen LogP contribution in [0.5, 0.6) is 5.75 Å². The quantitative estimate of drug-likeness (QED) is 0.307. The number of fused-ring (bicyclic) bond motifs is 1. The lowest BCUT2D eigenvalue weighted by atomic mass is 9.90. The van der Waals surface area contributed by atoms with Crippen LogP contribution < -0.4 is 10.1 Å². The van der Waals surface area contributed by atoms with E-state index in [1.807, 2.05) is 88.3 Å². The van der Waals surface area contributed by atoms with Crippen LogP contribution in [-0.2, 0) is 17.9 Å². The number of β-lactam (4-membered cyclic amide) rings is 1. The van der Waals surface area contributed by atoms with Crippen molar-refractivity contribution in [1.82, 2.24) is 24.4 Å². The van der Waals surface area contributed by atoms with Gasteiger partial charge in [-0.2, -0.15) is 0 Å². The van der Waals surface area contributed by atoms with E-state index in [2.05, 4.69) is 32.4 Å². The molecule has 0 unspecified atom stereocenters. The third-order valence-electron chi connectivity index (χ3n) is 6.58. The first kappa shape index (κ1) is 22.7. The number of nitrogens with one attached hydrogen (secondary N) is 1. The van der Waals surface area contributed by atoms with Crippen LogP contribution in [0.3, 0.4) is 0 Å². The highest BCUT2D eigenvalue weighted by molar-refractivity contribution is 5.89. The molecule has 1 aliphatic rings. The average Bonchev–Trinajstić information content (AvgIpc) is 3.38. The van der Waals surface area contributed by atoms with Crippen LogP contribution in [-0.4, -0.2) is 43.0 Å². The summed E-state index contributed by atoms with van der Waals surface area (Å²) in [5.74, 6) is 1.35. The summed E-state index contributed by atoms with van der Waals surface area (Å²) in [6.45, 7) is 1.71. The molecular weight excluding hydrogens is 464 g/mol. The highest BCUT2D eigenvalue weighted by Crippen LogP contribution is 2.37. The van der Waals surface area contributed by atoms with Crippen LogP contribution in [0, 0.1) is 0 Å². The molecule has 0 spiro atoms. The Morgan fingerprint density at radius 2 is 1.51 bits per heavy atom. The Kier molecular flexibility index (Phi) is 6.21. The lowest BCUT2D eigenvalue weighted by molar-refractivity contribution is -0.164. The van der Waals surface area contributed by atoms with Crippen molar-refractivity contribution in [1.29, 1.82) is 0 Å². The monoisotopic (exact) mass is 490 g/mol. The summed E-state index contributed by atoms with van der Waals surface area (Å²) < 4.78 is 8.07. The van der Waals surface area contributed by atoms with Crippen molar-refractivity contribution in [2.75, 3.05) is 11.9 Å². The number of carbonyl (C=O) groups is 1. The van der Waals surface area contributed by atoms with Crippen molar-refractivity contribution in [2.45, 2.75) is 25.2 Å². The van der Waals surface area contributed by atoms with E-state index in [0.717, 1.165) is 16.8 Å². The number of benzene rings is 3. The molecule has 1 saturated heterocycles. The van der Waals surface area contributed by atoms with Crippen LogP contribution >= 0.6 is 0 Å². The predicted molar refractivity (Wildman–Crippen MR) is 141 cm³/mol. The van der Waals surface area contributed by atoms with Crippen LogP contribution in [0.25, 0.3) is 11.2 Å². The molecule has 1 fully saturated rings. The number of likely N-dealkylation sites (tertiary alicyclic amines) is 1. The number of hydrogen-bond acceptors (Lipinski definition) is 6. The van der Waals surface area contributed by atoms with E-state index in [-0.39, 0.29) is 11.9 Å². The summed E-state index contributed by atoms with van der Waals surface area (Å²) in [4.78, 5) is 28.5. The number of hydrogen-bond donors (Lipinski definition) is 1. The number of para-hydroxylation sites is 1. The highest BCUT2D eigenvalue weighted by Gasteiger charge is 2.49. The third kappa shape index (κ3) is 4.61. The van der Waals surface area contributed by atoms with Crippen molar-refractivity contribution >= 4 is 22.9 Å². The fourth-order valence-corrected chi connectivity index (χ4v) is 4.70. The lowest BCUT2D eigenvalue weighted by Crippen LogP contribution is -2.61. The fourth-order valence-electron chi connectivity index (χ4n) is 4.70. The minimum atomic E-state index is -0.555. The molecule has 3 aromatic carbocycles. The normalized spacial score (nSPS) is 17.0. The number of carbonyl (C=O) groups excluding carboxylic acids is 1. The first-order valence-electron chi connectivity index (χ1n) is 12.3. The second kappa shape index (κ2) is 10.1. The van der Waals surface area contributed by atoms with Gasteiger partial charge in [-0.15, -0.1) is 0 Å². The summed E-state index contributed by atoms with van der Waals surface area (Å²) in [5.41, 5.74) is 3.64. The summed E-state index contributed by atoms with van der Waals surface area (Å²) in [6.07, 6.45) is 2.74. The minimum absolute atomic E-state index is 0.0260. The smallest absolute Gasteiger partial charge is 0.266 e. The number of ether oxygens (including phenoxy) is 1. The second-order valence-electron chi connectivity index (χ2n) is 8.91. The van der Waals surface area contributed by atoms with Crippen LogP contribution in [0.1, 0.15) is 17.2 Å². The van der Waals surface area contributed by atoms with Gasteiger partial charge in [0.1, 0.15) is 23.6 Å². The number of anilines is 1. The molecule has 6 rings (SSSR count). The molecule has 1 aliphatic heterocycles. The van der Waals surface area contributed by atoms with E-state index in [1.54, 1.807) is 12.7 Å². The summed E-state index contributed by atoms with van der Waals surface area (Å²) in [6, 6.07) is 29.5.